The quantitative estimate of drug-likeness (QED) is 0.652. The molecule has 2 aromatic carbocycles. The number of carbonyl (C=O) groups excluding carboxylic acids is 1. The predicted octanol–water partition coefficient (Wildman–Crippen LogP) is 2.62. The Morgan fingerprint density at radius 1 is 1.13 bits per heavy atom. The van der Waals surface area contributed by atoms with Crippen molar-refractivity contribution >= 4 is 22.6 Å². The van der Waals surface area contributed by atoms with Gasteiger partial charge in [0.2, 0.25) is 0 Å². The summed E-state index contributed by atoms with van der Waals surface area (Å²) in [5.74, 6) is 1.84. The van der Waals surface area contributed by atoms with E-state index in [0.717, 1.165) is 52.5 Å². The van der Waals surface area contributed by atoms with Crippen LogP contribution in [0.25, 0.3) is 11.0 Å². The molecule has 5 rings (SSSR count). The topological polar surface area (TPSA) is 59.8 Å². The van der Waals surface area contributed by atoms with Gasteiger partial charge < -0.3 is 23.8 Å². The molecule has 3 heterocycles. The zero-order valence-electron chi connectivity index (χ0n) is 17.4. The molecule has 156 valence electrons. The second-order valence-corrected chi connectivity index (χ2v) is 7.79. The molecule has 3 aromatic rings. The summed E-state index contributed by atoms with van der Waals surface area (Å²) in [5.41, 5.74) is 4.85. The van der Waals surface area contributed by atoms with Gasteiger partial charge in [-0.3, -0.25) is 4.79 Å². The van der Waals surface area contributed by atoms with Gasteiger partial charge in [0.1, 0.15) is 11.6 Å². The Kier molecular flexibility index (Phi) is 4.83. The van der Waals surface area contributed by atoms with E-state index >= 15 is 0 Å². The molecule has 7 heteroatoms. The van der Waals surface area contributed by atoms with Gasteiger partial charge in [-0.1, -0.05) is 12.1 Å². The van der Waals surface area contributed by atoms with Gasteiger partial charge in [-0.25, -0.2) is 4.98 Å². The molecule has 0 bridgehead atoms. The minimum Gasteiger partial charge on any atom is -0.496 e. The summed E-state index contributed by atoms with van der Waals surface area (Å²) in [4.78, 5) is 22.3. The molecule has 7 nitrogen and oxygen atoms in total. The molecule has 0 unspecified atom stereocenters. The summed E-state index contributed by atoms with van der Waals surface area (Å²) >= 11 is 0. The molecule has 0 atom stereocenters. The van der Waals surface area contributed by atoms with Gasteiger partial charge in [-0.05, 0) is 24.3 Å². The van der Waals surface area contributed by atoms with Crippen molar-refractivity contribution in [3.05, 3.63) is 53.3 Å². The molecule has 0 radical (unpaired) electrons. The third kappa shape index (κ3) is 3.10. The Balaban J connectivity index is 1.40. The number of morpholine rings is 1. The maximum Gasteiger partial charge on any atom is 0.256 e. The van der Waals surface area contributed by atoms with Gasteiger partial charge in [0, 0.05) is 38.7 Å². The molecule has 1 fully saturated rings. The van der Waals surface area contributed by atoms with Crippen molar-refractivity contribution in [2.24, 2.45) is 7.05 Å². The number of amides is 1. The van der Waals surface area contributed by atoms with E-state index in [-0.39, 0.29) is 5.91 Å². The number of hydrogen-bond donors (Lipinski definition) is 0. The molecule has 1 saturated heterocycles. The van der Waals surface area contributed by atoms with Crippen molar-refractivity contribution in [1.29, 1.82) is 0 Å². The number of para-hydroxylation sites is 2. The van der Waals surface area contributed by atoms with Crippen LogP contribution in [-0.2, 0) is 24.8 Å². The first kappa shape index (κ1) is 18.9. The molecule has 30 heavy (non-hydrogen) atoms. The lowest BCUT2D eigenvalue weighted by Crippen LogP contribution is -2.37. The normalized spacial score (nSPS) is 16.4. The van der Waals surface area contributed by atoms with Crippen LogP contribution in [0.4, 0.5) is 5.69 Å². The summed E-state index contributed by atoms with van der Waals surface area (Å²) < 4.78 is 13.2. The lowest BCUT2D eigenvalue weighted by Gasteiger charge is -2.30. The van der Waals surface area contributed by atoms with Crippen molar-refractivity contribution in [2.45, 2.75) is 13.0 Å². The lowest BCUT2D eigenvalue weighted by atomic mass is 10.1. The number of fused-ring (bicyclic) bond motifs is 2. The van der Waals surface area contributed by atoms with Gasteiger partial charge in [-0.15, -0.1) is 0 Å². The maximum atomic E-state index is 13.4. The lowest BCUT2D eigenvalue weighted by molar-refractivity contribution is 0.0778. The molecule has 0 aliphatic carbocycles. The van der Waals surface area contributed by atoms with Crippen LogP contribution in [0.1, 0.15) is 21.7 Å². The largest absolute Gasteiger partial charge is 0.496 e. The molecule has 0 saturated carbocycles. The summed E-state index contributed by atoms with van der Waals surface area (Å²) in [6.45, 7) is 4.16. The van der Waals surface area contributed by atoms with Crippen LogP contribution in [0, 0.1) is 0 Å². The Bertz CT molecular complexity index is 1100. The highest BCUT2D eigenvalue weighted by atomic mass is 16.5. The summed E-state index contributed by atoms with van der Waals surface area (Å²) in [6, 6.07) is 12.1. The number of aromatic nitrogens is 2. The fraction of sp³-hybridized carbons (Fsp3) is 0.391. The van der Waals surface area contributed by atoms with Crippen LogP contribution in [0.5, 0.6) is 5.75 Å². The average Bonchev–Trinajstić information content (AvgIpc) is 3.29. The predicted molar refractivity (Wildman–Crippen MR) is 115 cm³/mol. The van der Waals surface area contributed by atoms with Gasteiger partial charge >= 0.3 is 0 Å². The monoisotopic (exact) mass is 406 g/mol. The number of benzene rings is 2. The van der Waals surface area contributed by atoms with Crippen LogP contribution in [-0.4, -0.2) is 60.3 Å². The smallest absolute Gasteiger partial charge is 0.256 e. The highest BCUT2D eigenvalue weighted by molar-refractivity contribution is 6.04. The van der Waals surface area contributed by atoms with Crippen LogP contribution in [0.2, 0.25) is 0 Å². The third-order valence-corrected chi connectivity index (χ3v) is 6.15. The fourth-order valence-corrected chi connectivity index (χ4v) is 4.53. The fourth-order valence-electron chi connectivity index (χ4n) is 4.53. The first-order valence-electron chi connectivity index (χ1n) is 10.4. The molecule has 2 aliphatic heterocycles. The van der Waals surface area contributed by atoms with Crippen molar-refractivity contribution in [2.75, 3.05) is 44.9 Å². The molecular weight excluding hydrogens is 380 g/mol. The second-order valence-electron chi connectivity index (χ2n) is 7.79. The number of hydrogen-bond acceptors (Lipinski definition) is 5. The van der Waals surface area contributed by atoms with Crippen LogP contribution >= 0.6 is 0 Å². The average molecular weight is 406 g/mol. The van der Waals surface area contributed by atoms with E-state index in [1.54, 1.807) is 7.11 Å². The van der Waals surface area contributed by atoms with E-state index in [9.17, 15) is 4.79 Å². The number of carbonyl (C=O) groups is 1. The van der Waals surface area contributed by atoms with Crippen molar-refractivity contribution < 1.29 is 14.3 Å². The molecule has 1 aromatic heterocycles. The highest BCUT2D eigenvalue weighted by Crippen LogP contribution is 2.38. The number of ether oxygens (including phenoxy) is 2. The molecule has 1 amide bonds. The second kappa shape index (κ2) is 7.65. The number of nitrogens with zero attached hydrogens (tertiary/aromatic N) is 4. The van der Waals surface area contributed by atoms with Crippen LogP contribution < -0.4 is 9.64 Å². The number of anilines is 1. The Labute approximate surface area is 175 Å². The maximum absolute atomic E-state index is 13.4. The third-order valence-electron chi connectivity index (χ3n) is 6.15. The van der Waals surface area contributed by atoms with Crippen molar-refractivity contribution in [3.63, 3.8) is 0 Å². The molecule has 2 aliphatic rings. The minimum absolute atomic E-state index is 0.0733. The van der Waals surface area contributed by atoms with Crippen molar-refractivity contribution in [3.8, 4) is 5.75 Å². The summed E-state index contributed by atoms with van der Waals surface area (Å²) in [7, 11) is 3.70. The van der Waals surface area contributed by atoms with E-state index in [0.29, 0.717) is 32.7 Å². The Hall–Kier alpha value is -3.06. The number of aryl methyl sites for hydroxylation is 1. The first-order valence-corrected chi connectivity index (χ1v) is 10.4. The highest BCUT2D eigenvalue weighted by Gasteiger charge is 2.34. The van der Waals surface area contributed by atoms with Gasteiger partial charge in [0.05, 0.1) is 49.2 Å². The van der Waals surface area contributed by atoms with Crippen molar-refractivity contribution in [1.82, 2.24) is 14.5 Å². The molecular formula is C23H26N4O3. The zero-order valence-corrected chi connectivity index (χ0v) is 17.4. The summed E-state index contributed by atoms with van der Waals surface area (Å²) in [5, 5.41) is 0. The standard InChI is InChI=1S/C23H26N4O3/c1-25-18-6-4-3-5-17(18)24-21(25)9-10-27-15-16-20(29-2)8-7-19(22(16)23(27)28)26-11-13-30-14-12-26/h3-8H,9-15H2,1-2H3. The minimum atomic E-state index is 0.0733. The Morgan fingerprint density at radius 2 is 1.93 bits per heavy atom. The SMILES string of the molecule is COc1ccc(N2CCOCC2)c2c1CN(CCc1nc3ccccc3n1C)C2=O. The van der Waals surface area contributed by atoms with Gasteiger partial charge in [0.15, 0.2) is 0 Å². The van der Waals surface area contributed by atoms with Crippen LogP contribution in [0.15, 0.2) is 36.4 Å². The van der Waals surface area contributed by atoms with E-state index in [1.807, 2.05) is 42.3 Å². The van der Waals surface area contributed by atoms with E-state index < -0.39 is 0 Å². The van der Waals surface area contributed by atoms with Gasteiger partial charge in [0.25, 0.3) is 5.91 Å². The Morgan fingerprint density at radius 3 is 2.70 bits per heavy atom. The van der Waals surface area contributed by atoms with Crippen LogP contribution in [0.3, 0.4) is 0 Å². The zero-order chi connectivity index (χ0) is 20.7. The number of methoxy groups -OCH3 is 1. The summed E-state index contributed by atoms with van der Waals surface area (Å²) in [6.07, 6.45) is 0.708. The molecule has 0 N–H and O–H groups in total. The van der Waals surface area contributed by atoms with Gasteiger partial charge in [-0.2, -0.15) is 0 Å². The van der Waals surface area contributed by atoms with E-state index in [2.05, 4.69) is 15.5 Å². The van der Waals surface area contributed by atoms with E-state index in [4.69, 9.17) is 14.5 Å². The first-order chi connectivity index (χ1) is 14.7. The number of rotatable bonds is 5. The van der Waals surface area contributed by atoms with E-state index in [1.165, 1.54) is 0 Å². The molecule has 0 spiro atoms. The number of imidazole rings is 1.